The highest BCUT2D eigenvalue weighted by molar-refractivity contribution is 6.30. The van der Waals surface area contributed by atoms with Crippen LogP contribution in [-0.2, 0) is 0 Å². The molecule has 1 aliphatic heterocycles. The van der Waals surface area contributed by atoms with Crippen molar-refractivity contribution in [2.75, 3.05) is 19.6 Å². The number of halogens is 4. The number of hydrogen-bond acceptors (Lipinski definition) is 2. The summed E-state index contributed by atoms with van der Waals surface area (Å²) in [6, 6.07) is 7.02. The van der Waals surface area contributed by atoms with Crippen LogP contribution >= 0.6 is 11.6 Å². The van der Waals surface area contributed by atoms with E-state index in [2.05, 4.69) is 0 Å². The topological polar surface area (TPSA) is 12.5 Å². The second-order valence-electron chi connectivity index (χ2n) is 5.00. The van der Waals surface area contributed by atoms with Crippen molar-refractivity contribution in [3.05, 3.63) is 29.3 Å². The van der Waals surface area contributed by atoms with Crippen molar-refractivity contribution in [1.29, 1.82) is 0 Å². The van der Waals surface area contributed by atoms with E-state index in [9.17, 15) is 13.2 Å². The van der Waals surface area contributed by atoms with Crippen LogP contribution in [0.2, 0.25) is 5.02 Å². The zero-order valence-corrected chi connectivity index (χ0v) is 11.8. The van der Waals surface area contributed by atoms with Gasteiger partial charge in [-0.1, -0.05) is 11.6 Å². The molecule has 1 heterocycles. The van der Waals surface area contributed by atoms with Gasteiger partial charge in [-0.25, -0.2) is 0 Å². The second kappa shape index (κ2) is 6.68. The Kier molecular flexibility index (Phi) is 5.16. The Morgan fingerprint density at radius 3 is 2.60 bits per heavy atom. The molecular formula is C14H17ClF3NO. The molecule has 112 valence electrons. The third-order valence-corrected chi connectivity index (χ3v) is 3.54. The first-order valence-electron chi connectivity index (χ1n) is 6.64. The summed E-state index contributed by atoms with van der Waals surface area (Å²) in [5, 5.41) is 0.632. The molecule has 20 heavy (non-hydrogen) atoms. The minimum absolute atomic E-state index is 0.0456. The molecule has 0 N–H and O–H groups in total. The fourth-order valence-electron chi connectivity index (χ4n) is 2.30. The molecule has 1 aromatic rings. The number of nitrogens with zero attached hydrogens (tertiary/aromatic N) is 1. The van der Waals surface area contributed by atoms with Gasteiger partial charge in [-0.15, -0.1) is 0 Å². The first kappa shape index (κ1) is 15.4. The second-order valence-corrected chi connectivity index (χ2v) is 5.44. The van der Waals surface area contributed by atoms with E-state index in [0.717, 1.165) is 12.8 Å². The lowest BCUT2D eigenvalue weighted by Gasteiger charge is -2.33. The largest absolute Gasteiger partial charge is 0.489 e. The molecule has 1 aliphatic rings. The third-order valence-electron chi connectivity index (χ3n) is 3.29. The lowest BCUT2D eigenvalue weighted by molar-refractivity contribution is -0.139. The van der Waals surface area contributed by atoms with Crippen molar-refractivity contribution in [3.8, 4) is 5.75 Å². The SMILES string of the molecule is FC(F)(F)CCN1CCC[C@H](Oc2ccc(Cl)cc2)C1. The summed E-state index contributed by atoms with van der Waals surface area (Å²) < 4.78 is 42.5. The maximum Gasteiger partial charge on any atom is 0.390 e. The van der Waals surface area contributed by atoms with E-state index in [1.165, 1.54) is 0 Å². The number of ether oxygens (including phenoxy) is 1. The summed E-state index contributed by atoms with van der Waals surface area (Å²) in [6.07, 6.45) is -3.19. The minimum Gasteiger partial charge on any atom is -0.489 e. The quantitative estimate of drug-likeness (QED) is 0.829. The van der Waals surface area contributed by atoms with E-state index in [4.69, 9.17) is 16.3 Å². The van der Waals surface area contributed by atoms with Gasteiger partial charge in [-0.3, -0.25) is 4.90 Å². The Balaban J connectivity index is 1.82. The van der Waals surface area contributed by atoms with E-state index < -0.39 is 12.6 Å². The van der Waals surface area contributed by atoms with Gasteiger partial charge in [0.15, 0.2) is 0 Å². The molecule has 1 aromatic carbocycles. The van der Waals surface area contributed by atoms with Crippen LogP contribution in [0.3, 0.4) is 0 Å². The molecule has 1 atom stereocenters. The highest BCUT2D eigenvalue weighted by Gasteiger charge is 2.29. The number of likely N-dealkylation sites (tertiary alicyclic amines) is 1. The zero-order chi connectivity index (χ0) is 14.6. The van der Waals surface area contributed by atoms with E-state index in [-0.39, 0.29) is 12.6 Å². The third kappa shape index (κ3) is 5.21. The van der Waals surface area contributed by atoms with E-state index in [1.54, 1.807) is 24.3 Å². The van der Waals surface area contributed by atoms with Crippen molar-refractivity contribution >= 4 is 11.6 Å². The van der Waals surface area contributed by atoms with Crippen LogP contribution in [0.4, 0.5) is 13.2 Å². The lowest BCUT2D eigenvalue weighted by Crippen LogP contribution is -2.42. The molecule has 0 bridgehead atoms. The van der Waals surface area contributed by atoms with Crippen LogP contribution in [0.5, 0.6) is 5.75 Å². The molecule has 6 heteroatoms. The normalized spacial score (nSPS) is 20.9. The van der Waals surface area contributed by atoms with Crippen molar-refractivity contribution in [3.63, 3.8) is 0 Å². The lowest BCUT2D eigenvalue weighted by atomic mass is 10.1. The maximum atomic E-state index is 12.2. The fraction of sp³-hybridized carbons (Fsp3) is 0.571. The van der Waals surface area contributed by atoms with Crippen molar-refractivity contribution in [2.24, 2.45) is 0 Å². The van der Waals surface area contributed by atoms with Gasteiger partial charge in [0, 0.05) is 18.1 Å². The molecular weight excluding hydrogens is 291 g/mol. The number of hydrogen-bond donors (Lipinski definition) is 0. The summed E-state index contributed by atoms with van der Waals surface area (Å²) in [4.78, 5) is 1.82. The number of piperidine rings is 1. The van der Waals surface area contributed by atoms with Gasteiger partial charge in [0.05, 0.1) is 6.42 Å². The molecule has 0 saturated carbocycles. The number of rotatable bonds is 4. The Hall–Kier alpha value is -0.940. The van der Waals surface area contributed by atoms with Crippen LogP contribution in [0, 0.1) is 0 Å². The zero-order valence-electron chi connectivity index (χ0n) is 11.0. The highest BCUT2D eigenvalue weighted by Crippen LogP contribution is 2.23. The summed E-state index contributed by atoms with van der Waals surface area (Å²) in [5.41, 5.74) is 0. The highest BCUT2D eigenvalue weighted by atomic mass is 35.5. The van der Waals surface area contributed by atoms with Crippen LogP contribution in [0.15, 0.2) is 24.3 Å². The van der Waals surface area contributed by atoms with E-state index in [1.807, 2.05) is 4.90 Å². The maximum absolute atomic E-state index is 12.2. The smallest absolute Gasteiger partial charge is 0.390 e. The average molecular weight is 308 g/mol. The summed E-state index contributed by atoms with van der Waals surface area (Å²) in [7, 11) is 0. The van der Waals surface area contributed by atoms with Crippen molar-refractivity contribution in [1.82, 2.24) is 4.90 Å². The average Bonchev–Trinajstić information content (AvgIpc) is 2.39. The van der Waals surface area contributed by atoms with Crippen LogP contribution in [0.25, 0.3) is 0 Å². The summed E-state index contributed by atoms with van der Waals surface area (Å²) in [5.74, 6) is 0.706. The summed E-state index contributed by atoms with van der Waals surface area (Å²) >= 11 is 5.79. The van der Waals surface area contributed by atoms with Crippen LogP contribution < -0.4 is 4.74 Å². The van der Waals surface area contributed by atoms with Gasteiger partial charge in [0.2, 0.25) is 0 Å². The fourth-order valence-corrected chi connectivity index (χ4v) is 2.43. The van der Waals surface area contributed by atoms with Crippen molar-refractivity contribution in [2.45, 2.75) is 31.5 Å². The predicted octanol–water partition coefficient (Wildman–Crippen LogP) is 4.14. The minimum atomic E-state index is -4.09. The van der Waals surface area contributed by atoms with Gasteiger partial charge in [0.1, 0.15) is 11.9 Å². The molecule has 0 radical (unpaired) electrons. The van der Waals surface area contributed by atoms with Gasteiger partial charge in [0.25, 0.3) is 0 Å². The Morgan fingerprint density at radius 2 is 1.95 bits per heavy atom. The monoisotopic (exact) mass is 307 g/mol. The Bertz CT molecular complexity index is 421. The first-order valence-corrected chi connectivity index (χ1v) is 7.01. The van der Waals surface area contributed by atoms with E-state index >= 15 is 0 Å². The first-order chi connectivity index (χ1) is 9.42. The van der Waals surface area contributed by atoms with Gasteiger partial charge in [-0.2, -0.15) is 13.2 Å². The van der Waals surface area contributed by atoms with Crippen molar-refractivity contribution < 1.29 is 17.9 Å². The Morgan fingerprint density at radius 1 is 1.25 bits per heavy atom. The molecule has 1 fully saturated rings. The standard InChI is InChI=1S/C14H17ClF3NO/c15-11-3-5-12(6-4-11)20-13-2-1-8-19(10-13)9-7-14(16,17)18/h3-6,13H,1-2,7-10H2/t13-/m0/s1. The molecule has 0 spiro atoms. The molecule has 0 unspecified atom stereocenters. The Labute approximate surface area is 121 Å². The van der Waals surface area contributed by atoms with Gasteiger partial charge >= 0.3 is 6.18 Å². The molecule has 2 rings (SSSR count). The van der Waals surface area contributed by atoms with E-state index in [0.29, 0.717) is 23.9 Å². The van der Waals surface area contributed by atoms with Gasteiger partial charge < -0.3 is 4.74 Å². The number of alkyl halides is 3. The molecule has 2 nitrogen and oxygen atoms in total. The summed E-state index contributed by atoms with van der Waals surface area (Å²) in [6.45, 7) is 1.29. The van der Waals surface area contributed by atoms with Crippen LogP contribution in [0.1, 0.15) is 19.3 Å². The predicted molar refractivity (Wildman–Crippen MR) is 72.2 cm³/mol. The molecule has 0 aliphatic carbocycles. The number of benzene rings is 1. The molecule has 0 aromatic heterocycles. The van der Waals surface area contributed by atoms with Gasteiger partial charge in [-0.05, 0) is 43.7 Å². The molecule has 1 saturated heterocycles. The molecule has 0 amide bonds. The van der Waals surface area contributed by atoms with Crippen LogP contribution in [-0.4, -0.2) is 36.8 Å².